The maximum atomic E-state index is 4.76. The van der Waals surface area contributed by atoms with Crippen molar-refractivity contribution in [3.8, 4) is 0 Å². The first-order chi connectivity index (χ1) is 14.8. The van der Waals surface area contributed by atoms with Crippen LogP contribution in [0.5, 0.6) is 0 Å². The number of fused-ring (bicyclic) bond motifs is 2. The van der Waals surface area contributed by atoms with E-state index in [1.165, 1.54) is 68.4 Å². The molecule has 1 fully saturated rings. The topological polar surface area (TPSA) is 40.2 Å². The van der Waals surface area contributed by atoms with Crippen LogP contribution in [0.4, 0.5) is 0 Å². The normalized spacial score (nSPS) is 24.5. The first-order valence-electron chi connectivity index (χ1n) is 12.0. The monoisotopic (exact) mass is 404 g/mol. The largest absolute Gasteiger partial charge is 0.317 e. The molecule has 0 amide bonds. The number of nitrogens with zero attached hydrogens (tertiary/aromatic N) is 2. The third-order valence-electron chi connectivity index (χ3n) is 7.57. The molecule has 160 valence electrons. The van der Waals surface area contributed by atoms with Crippen LogP contribution in [0, 0.1) is 5.92 Å². The zero-order valence-corrected chi connectivity index (χ0v) is 18.4. The lowest BCUT2D eigenvalue weighted by Gasteiger charge is -2.37. The molecule has 0 radical (unpaired) electrons. The predicted molar refractivity (Wildman–Crippen MR) is 123 cm³/mol. The van der Waals surface area contributed by atoms with Crippen LogP contribution in [0.15, 0.2) is 36.5 Å². The zero-order valence-electron chi connectivity index (χ0n) is 18.4. The Hall–Kier alpha value is -1.75. The number of likely N-dealkylation sites (N-methyl/N-ethyl adjacent to an activating group) is 1. The standard InChI is InChI=1S/C26H36N4/c1-30(25-9-3-5-20-8-4-12-28-26(20)25)18-23-16-24-21(6-2-7-22(24)17-29-23)15-19-10-13-27-14-11-19/h2,4,6-8,12,19,23,25,27,29H,3,5,9-11,13-18H2,1H3/t23?,25-/m0/s1. The fraction of sp³-hybridized carbons (Fsp3) is 0.577. The summed E-state index contributed by atoms with van der Waals surface area (Å²) in [5, 5.41) is 7.34. The lowest BCUT2D eigenvalue weighted by atomic mass is 9.84. The molecule has 3 aliphatic rings. The number of piperidine rings is 1. The molecule has 5 rings (SSSR count). The molecule has 1 saturated heterocycles. The second-order valence-corrected chi connectivity index (χ2v) is 9.63. The highest BCUT2D eigenvalue weighted by Gasteiger charge is 2.28. The molecule has 4 heteroatoms. The summed E-state index contributed by atoms with van der Waals surface area (Å²) >= 11 is 0. The number of nitrogens with one attached hydrogen (secondary N) is 2. The molecule has 2 N–H and O–H groups in total. The molecule has 0 spiro atoms. The number of pyridine rings is 1. The molecule has 0 bridgehead atoms. The number of hydrogen-bond acceptors (Lipinski definition) is 4. The van der Waals surface area contributed by atoms with Gasteiger partial charge in [0.1, 0.15) is 0 Å². The summed E-state index contributed by atoms with van der Waals surface area (Å²) in [6, 6.07) is 12.3. The fourth-order valence-electron chi connectivity index (χ4n) is 5.89. The van der Waals surface area contributed by atoms with Crippen molar-refractivity contribution in [2.45, 2.75) is 63.6 Å². The average molecular weight is 405 g/mol. The van der Waals surface area contributed by atoms with E-state index in [2.05, 4.69) is 52.9 Å². The summed E-state index contributed by atoms with van der Waals surface area (Å²) in [6.07, 6.45) is 10.7. The van der Waals surface area contributed by atoms with Crippen molar-refractivity contribution in [2.24, 2.45) is 5.92 Å². The van der Waals surface area contributed by atoms with E-state index in [-0.39, 0.29) is 0 Å². The van der Waals surface area contributed by atoms with E-state index in [1.54, 1.807) is 11.1 Å². The SMILES string of the molecule is CN(CC1Cc2c(cccc2CC2CCNCC2)CN1)[C@H]1CCCc2cccnc21. The van der Waals surface area contributed by atoms with Gasteiger partial charge in [-0.15, -0.1) is 0 Å². The van der Waals surface area contributed by atoms with Crippen molar-refractivity contribution in [3.63, 3.8) is 0 Å². The lowest BCUT2D eigenvalue weighted by Crippen LogP contribution is -2.45. The highest BCUT2D eigenvalue weighted by atomic mass is 15.2. The lowest BCUT2D eigenvalue weighted by molar-refractivity contribution is 0.190. The van der Waals surface area contributed by atoms with Gasteiger partial charge in [-0.1, -0.05) is 24.3 Å². The fourth-order valence-corrected chi connectivity index (χ4v) is 5.89. The minimum absolute atomic E-state index is 0.461. The van der Waals surface area contributed by atoms with Gasteiger partial charge >= 0.3 is 0 Å². The van der Waals surface area contributed by atoms with Gasteiger partial charge in [0.2, 0.25) is 0 Å². The minimum atomic E-state index is 0.461. The van der Waals surface area contributed by atoms with Gasteiger partial charge in [-0.25, -0.2) is 0 Å². The van der Waals surface area contributed by atoms with E-state index in [1.807, 2.05) is 6.20 Å². The zero-order chi connectivity index (χ0) is 20.3. The number of benzene rings is 1. The molecule has 1 unspecified atom stereocenters. The Morgan fingerprint density at radius 3 is 2.83 bits per heavy atom. The second-order valence-electron chi connectivity index (χ2n) is 9.63. The van der Waals surface area contributed by atoms with Gasteiger partial charge in [0, 0.05) is 25.3 Å². The molecule has 1 aromatic carbocycles. The minimum Gasteiger partial charge on any atom is -0.317 e. The Labute approximate surface area is 181 Å². The molecule has 2 atom stereocenters. The van der Waals surface area contributed by atoms with E-state index in [4.69, 9.17) is 4.98 Å². The van der Waals surface area contributed by atoms with Crippen molar-refractivity contribution in [1.82, 2.24) is 20.5 Å². The number of hydrogen-bond donors (Lipinski definition) is 2. The highest BCUT2D eigenvalue weighted by Crippen LogP contribution is 2.33. The van der Waals surface area contributed by atoms with Gasteiger partial charge in [0.25, 0.3) is 0 Å². The molecule has 2 aliphatic heterocycles. The van der Waals surface area contributed by atoms with Crippen molar-refractivity contribution < 1.29 is 0 Å². The summed E-state index contributed by atoms with van der Waals surface area (Å²) in [5.74, 6) is 0.846. The highest BCUT2D eigenvalue weighted by molar-refractivity contribution is 5.38. The van der Waals surface area contributed by atoms with Gasteiger partial charge in [-0.3, -0.25) is 9.88 Å². The second kappa shape index (κ2) is 9.17. The van der Waals surface area contributed by atoms with Gasteiger partial charge in [0.15, 0.2) is 0 Å². The molecule has 0 saturated carbocycles. The van der Waals surface area contributed by atoms with Crippen molar-refractivity contribution in [3.05, 3.63) is 64.5 Å². The number of rotatable bonds is 5. The summed E-state index contributed by atoms with van der Waals surface area (Å²) in [5.41, 5.74) is 7.53. The predicted octanol–water partition coefficient (Wildman–Crippen LogP) is 3.65. The van der Waals surface area contributed by atoms with Crippen LogP contribution in [0.2, 0.25) is 0 Å². The number of aromatic nitrogens is 1. The Bertz CT molecular complexity index is 858. The van der Waals surface area contributed by atoms with Crippen LogP contribution in [-0.4, -0.2) is 42.6 Å². The molecular weight excluding hydrogens is 368 g/mol. The Morgan fingerprint density at radius 2 is 1.93 bits per heavy atom. The quantitative estimate of drug-likeness (QED) is 0.798. The molecule has 1 aliphatic carbocycles. The maximum absolute atomic E-state index is 4.76. The molecule has 2 aromatic rings. The molecule has 30 heavy (non-hydrogen) atoms. The van der Waals surface area contributed by atoms with Gasteiger partial charge in [0.05, 0.1) is 11.7 Å². The van der Waals surface area contributed by atoms with E-state index in [0.717, 1.165) is 25.4 Å². The average Bonchev–Trinajstić information content (AvgIpc) is 2.80. The Balaban J connectivity index is 1.28. The van der Waals surface area contributed by atoms with Crippen molar-refractivity contribution in [1.29, 1.82) is 0 Å². The summed E-state index contributed by atoms with van der Waals surface area (Å²) in [7, 11) is 2.30. The van der Waals surface area contributed by atoms with Crippen LogP contribution in [0.25, 0.3) is 0 Å². The molecular formula is C26H36N4. The molecule has 4 nitrogen and oxygen atoms in total. The van der Waals surface area contributed by atoms with E-state index in [9.17, 15) is 0 Å². The van der Waals surface area contributed by atoms with Crippen molar-refractivity contribution in [2.75, 3.05) is 26.7 Å². The van der Waals surface area contributed by atoms with Crippen LogP contribution in [0.1, 0.15) is 59.7 Å². The van der Waals surface area contributed by atoms with Gasteiger partial charge in [-0.2, -0.15) is 0 Å². The molecule has 1 aromatic heterocycles. The third-order valence-corrected chi connectivity index (χ3v) is 7.57. The first-order valence-corrected chi connectivity index (χ1v) is 12.0. The van der Waals surface area contributed by atoms with Crippen LogP contribution in [-0.2, 0) is 25.8 Å². The van der Waals surface area contributed by atoms with E-state index in [0.29, 0.717) is 12.1 Å². The van der Waals surface area contributed by atoms with Gasteiger partial charge in [-0.05, 0) is 99.3 Å². The van der Waals surface area contributed by atoms with Crippen LogP contribution in [0.3, 0.4) is 0 Å². The van der Waals surface area contributed by atoms with Crippen molar-refractivity contribution >= 4 is 0 Å². The van der Waals surface area contributed by atoms with E-state index < -0.39 is 0 Å². The Morgan fingerprint density at radius 1 is 1.07 bits per heavy atom. The smallest absolute Gasteiger partial charge is 0.0607 e. The number of aryl methyl sites for hydroxylation is 1. The summed E-state index contributed by atoms with van der Waals surface area (Å²) in [6.45, 7) is 4.46. The molecule has 3 heterocycles. The first kappa shape index (κ1) is 20.2. The summed E-state index contributed by atoms with van der Waals surface area (Å²) in [4.78, 5) is 7.32. The van der Waals surface area contributed by atoms with Crippen LogP contribution >= 0.6 is 0 Å². The van der Waals surface area contributed by atoms with Gasteiger partial charge < -0.3 is 10.6 Å². The maximum Gasteiger partial charge on any atom is 0.0607 e. The Kier molecular flexibility index (Phi) is 6.17. The van der Waals surface area contributed by atoms with E-state index >= 15 is 0 Å². The summed E-state index contributed by atoms with van der Waals surface area (Å²) < 4.78 is 0. The van der Waals surface area contributed by atoms with Crippen LogP contribution < -0.4 is 10.6 Å². The third kappa shape index (κ3) is 4.32.